The molecule has 0 amide bonds. The molecule has 0 aliphatic heterocycles. The van der Waals surface area contributed by atoms with Crippen LogP contribution in [0.1, 0.15) is 24.7 Å². The summed E-state index contributed by atoms with van der Waals surface area (Å²) in [4.78, 5) is 12.6. The van der Waals surface area contributed by atoms with Crippen molar-refractivity contribution in [3.05, 3.63) is 35.9 Å². The first-order valence-electron chi connectivity index (χ1n) is 5.91. The second-order valence-electron chi connectivity index (χ2n) is 4.00. The summed E-state index contributed by atoms with van der Waals surface area (Å²) in [5.41, 5.74) is 6.61. The first-order valence-corrected chi connectivity index (χ1v) is 5.91. The Morgan fingerprint density at radius 3 is 2.83 bits per heavy atom. The van der Waals surface area contributed by atoms with Crippen molar-refractivity contribution in [1.82, 2.24) is 15.0 Å². The second-order valence-corrected chi connectivity index (χ2v) is 4.00. The monoisotopic (exact) mass is 244 g/mol. The molecule has 0 aliphatic carbocycles. The third-order valence-electron chi connectivity index (χ3n) is 2.51. The molecule has 0 fully saturated rings. The molecule has 2 N–H and O–H groups in total. The Balaban J connectivity index is 2.31. The van der Waals surface area contributed by atoms with Gasteiger partial charge in [0, 0.05) is 12.6 Å². The highest BCUT2D eigenvalue weighted by atomic mass is 16.5. The number of nitrogens with zero attached hydrogens (tertiary/aromatic N) is 3. The van der Waals surface area contributed by atoms with Gasteiger partial charge < -0.3 is 10.5 Å². The van der Waals surface area contributed by atoms with E-state index >= 15 is 0 Å². The minimum atomic E-state index is 0.465. The van der Waals surface area contributed by atoms with Crippen LogP contribution in [0.3, 0.4) is 0 Å². The molecule has 0 aromatic carbocycles. The van der Waals surface area contributed by atoms with Crippen LogP contribution in [0.25, 0.3) is 0 Å². The fraction of sp³-hybridized carbons (Fsp3) is 0.308. The number of aromatic nitrogens is 3. The topological polar surface area (TPSA) is 73.9 Å². The Kier molecular flexibility index (Phi) is 3.72. The Morgan fingerprint density at radius 1 is 1.33 bits per heavy atom. The van der Waals surface area contributed by atoms with Gasteiger partial charge in [0.15, 0.2) is 0 Å². The number of rotatable bonds is 4. The standard InChI is InChI=1S/C13H16N4O/c1-3-5-11-16-12(14)9(2)13(17-11)18-10-6-4-7-15-8-10/h4,6-8H,3,5H2,1-2H3,(H2,14,16,17). The lowest BCUT2D eigenvalue weighted by Gasteiger charge is -2.10. The number of nitrogen functional groups attached to an aromatic ring is 1. The Hall–Kier alpha value is -2.17. The summed E-state index contributed by atoms with van der Waals surface area (Å²) in [6.45, 7) is 3.91. The van der Waals surface area contributed by atoms with E-state index in [1.54, 1.807) is 12.4 Å². The lowest BCUT2D eigenvalue weighted by atomic mass is 10.3. The van der Waals surface area contributed by atoms with Gasteiger partial charge >= 0.3 is 0 Å². The average molecular weight is 244 g/mol. The zero-order valence-corrected chi connectivity index (χ0v) is 10.6. The van der Waals surface area contributed by atoms with Crippen molar-refractivity contribution in [3.8, 4) is 11.6 Å². The van der Waals surface area contributed by atoms with Gasteiger partial charge in [-0.05, 0) is 25.5 Å². The molecule has 2 aromatic heterocycles. The number of hydrogen-bond acceptors (Lipinski definition) is 5. The zero-order chi connectivity index (χ0) is 13.0. The molecular formula is C13H16N4O. The van der Waals surface area contributed by atoms with Crippen LogP contribution in [-0.4, -0.2) is 15.0 Å². The Bertz CT molecular complexity index is 528. The van der Waals surface area contributed by atoms with E-state index in [-0.39, 0.29) is 0 Å². The molecule has 94 valence electrons. The van der Waals surface area contributed by atoms with E-state index in [9.17, 15) is 0 Å². The maximum Gasteiger partial charge on any atom is 0.227 e. The maximum absolute atomic E-state index is 5.86. The second kappa shape index (κ2) is 5.44. The van der Waals surface area contributed by atoms with Gasteiger partial charge in [0.05, 0.1) is 11.8 Å². The minimum Gasteiger partial charge on any atom is -0.437 e. The number of hydrogen-bond donors (Lipinski definition) is 1. The molecule has 5 heteroatoms. The van der Waals surface area contributed by atoms with E-state index in [1.165, 1.54) is 0 Å². The normalized spacial score (nSPS) is 10.3. The molecule has 0 saturated carbocycles. The number of pyridine rings is 1. The molecule has 18 heavy (non-hydrogen) atoms. The summed E-state index contributed by atoms with van der Waals surface area (Å²) in [6, 6.07) is 3.63. The SMILES string of the molecule is CCCc1nc(N)c(C)c(Oc2cccnc2)n1. The van der Waals surface area contributed by atoms with Gasteiger partial charge in [0.25, 0.3) is 0 Å². The van der Waals surface area contributed by atoms with Crippen LogP contribution in [0.4, 0.5) is 5.82 Å². The van der Waals surface area contributed by atoms with Crippen molar-refractivity contribution in [2.24, 2.45) is 0 Å². The number of anilines is 1. The highest BCUT2D eigenvalue weighted by Gasteiger charge is 2.10. The summed E-state index contributed by atoms with van der Waals surface area (Å²) in [7, 11) is 0. The molecule has 2 aromatic rings. The Morgan fingerprint density at radius 2 is 2.17 bits per heavy atom. The molecule has 0 radical (unpaired) electrons. The van der Waals surface area contributed by atoms with Gasteiger partial charge in [0.1, 0.15) is 17.4 Å². The van der Waals surface area contributed by atoms with Crippen LogP contribution in [0.15, 0.2) is 24.5 Å². The van der Waals surface area contributed by atoms with Gasteiger partial charge in [-0.15, -0.1) is 0 Å². The molecule has 0 aliphatic rings. The first-order chi connectivity index (χ1) is 8.70. The number of aryl methyl sites for hydroxylation is 1. The van der Waals surface area contributed by atoms with Gasteiger partial charge in [0.2, 0.25) is 5.88 Å². The van der Waals surface area contributed by atoms with Gasteiger partial charge in [-0.25, -0.2) is 4.98 Å². The van der Waals surface area contributed by atoms with Crippen LogP contribution in [0.2, 0.25) is 0 Å². The van der Waals surface area contributed by atoms with E-state index in [0.29, 0.717) is 23.3 Å². The minimum absolute atomic E-state index is 0.465. The van der Waals surface area contributed by atoms with Crippen LogP contribution in [0, 0.1) is 6.92 Å². The van der Waals surface area contributed by atoms with Crippen LogP contribution >= 0.6 is 0 Å². The molecule has 0 atom stereocenters. The average Bonchev–Trinajstić information content (AvgIpc) is 2.37. The van der Waals surface area contributed by atoms with Crippen molar-refractivity contribution >= 4 is 5.82 Å². The van der Waals surface area contributed by atoms with Crippen molar-refractivity contribution < 1.29 is 4.74 Å². The molecule has 0 unspecified atom stereocenters. The van der Waals surface area contributed by atoms with Crippen molar-refractivity contribution in [2.45, 2.75) is 26.7 Å². The lowest BCUT2D eigenvalue weighted by molar-refractivity contribution is 0.452. The molecular weight excluding hydrogens is 228 g/mol. The molecule has 2 rings (SSSR count). The van der Waals surface area contributed by atoms with Crippen LogP contribution < -0.4 is 10.5 Å². The van der Waals surface area contributed by atoms with Crippen LogP contribution in [0.5, 0.6) is 11.6 Å². The van der Waals surface area contributed by atoms with Crippen molar-refractivity contribution in [1.29, 1.82) is 0 Å². The van der Waals surface area contributed by atoms with E-state index in [0.717, 1.165) is 18.4 Å². The highest BCUT2D eigenvalue weighted by Crippen LogP contribution is 2.25. The predicted molar refractivity (Wildman–Crippen MR) is 69.5 cm³/mol. The number of ether oxygens (including phenoxy) is 1. The highest BCUT2D eigenvalue weighted by molar-refractivity contribution is 5.45. The summed E-state index contributed by atoms with van der Waals surface area (Å²) in [5, 5.41) is 0. The summed E-state index contributed by atoms with van der Waals surface area (Å²) < 4.78 is 5.68. The molecule has 0 saturated heterocycles. The fourth-order valence-electron chi connectivity index (χ4n) is 1.51. The molecule has 5 nitrogen and oxygen atoms in total. The summed E-state index contributed by atoms with van der Waals surface area (Å²) in [5.74, 6) is 2.31. The summed E-state index contributed by atoms with van der Waals surface area (Å²) >= 11 is 0. The van der Waals surface area contributed by atoms with Gasteiger partial charge in [-0.3, -0.25) is 4.98 Å². The quantitative estimate of drug-likeness (QED) is 0.894. The van der Waals surface area contributed by atoms with E-state index in [4.69, 9.17) is 10.5 Å². The van der Waals surface area contributed by atoms with E-state index in [2.05, 4.69) is 21.9 Å². The number of nitrogens with two attached hydrogens (primary N) is 1. The predicted octanol–water partition coefficient (Wildman–Crippen LogP) is 2.51. The van der Waals surface area contributed by atoms with Crippen LogP contribution in [-0.2, 0) is 6.42 Å². The van der Waals surface area contributed by atoms with Crippen molar-refractivity contribution in [2.75, 3.05) is 5.73 Å². The molecule has 0 bridgehead atoms. The Labute approximate surface area is 106 Å². The third-order valence-corrected chi connectivity index (χ3v) is 2.51. The maximum atomic E-state index is 5.86. The smallest absolute Gasteiger partial charge is 0.227 e. The lowest BCUT2D eigenvalue weighted by Crippen LogP contribution is -2.05. The first kappa shape index (κ1) is 12.3. The molecule has 2 heterocycles. The van der Waals surface area contributed by atoms with Gasteiger partial charge in [-0.1, -0.05) is 6.92 Å². The third kappa shape index (κ3) is 2.74. The van der Waals surface area contributed by atoms with Gasteiger partial charge in [-0.2, -0.15) is 4.98 Å². The summed E-state index contributed by atoms with van der Waals surface area (Å²) in [6.07, 6.45) is 5.08. The van der Waals surface area contributed by atoms with E-state index in [1.807, 2.05) is 19.1 Å². The fourth-order valence-corrected chi connectivity index (χ4v) is 1.51. The van der Waals surface area contributed by atoms with E-state index < -0.39 is 0 Å². The van der Waals surface area contributed by atoms with Crippen molar-refractivity contribution in [3.63, 3.8) is 0 Å². The largest absolute Gasteiger partial charge is 0.437 e. The zero-order valence-electron chi connectivity index (χ0n) is 10.6. The molecule has 0 spiro atoms.